The highest BCUT2D eigenvalue weighted by molar-refractivity contribution is 7.17. The molecule has 1 aliphatic rings. The molecule has 1 atom stereocenters. The van der Waals surface area contributed by atoms with Crippen LogP contribution in [0.5, 0.6) is 0 Å². The molecule has 6 nitrogen and oxygen atoms in total. The Balaban J connectivity index is 2.21. The molecule has 198 valence electrons. The van der Waals surface area contributed by atoms with Gasteiger partial charge in [0.05, 0.1) is 21.5 Å². The Kier molecular flexibility index (Phi) is 7.05. The number of rotatable bonds is 4. The molecule has 1 aromatic carbocycles. The van der Waals surface area contributed by atoms with Gasteiger partial charge in [0.2, 0.25) is 5.01 Å². The molecule has 0 spiro atoms. The summed E-state index contributed by atoms with van der Waals surface area (Å²) in [5, 5.41) is 15.8. The number of carboxylic acid groups (broad SMARTS) is 1. The zero-order valence-corrected chi connectivity index (χ0v) is 19.8. The molecule has 1 fully saturated rings. The van der Waals surface area contributed by atoms with E-state index in [1.54, 1.807) is 0 Å². The van der Waals surface area contributed by atoms with Crippen LogP contribution in [-0.4, -0.2) is 62.8 Å². The minimum Gasteiger partial charge on any atom is -0.476 e. The summed E-state index contributed by atoms with van der Waals surface area (Å²) in [6.45, 7) is 0.251. The van der Waals surface area contributed by atoms with E-state index in [4.69, 9.17) is 23.2 Å². The molecule has 1 amide bonds. The second-order valence-electron chi connectivity index (χ2n) is 7.84. The lowest BCUT2D eigenvalue weighted by Crippen LogP contribution is -2.54. The smallest absolute Gasteiger partial charge is 0.430 e. The van der Waals surface area contributed by atoms with Crippen molar-refractivity contribution >= 4 is 46.4 Å². The molecule has 1 aromatic heterocycles. The van der Waals surface area contributed by atoms with Gasteiger partial charge in [-0.1, -0.05) is 35.3 Å². The second kappa shape index (κ2) is 8.96. The van der Waals surface area contributed by atoms with Gasteiger partial charge in [0.25, 0.3) is 17.4 Å². The van der Waals surface area contributed by atoms with Crippen LogP contribution in [-0.2, 0) is 5.60 Å². The van der Waals surface area contributed by atoms with Gasteiger partial charge >= 0.3 is 18.3 Å². The Hall–Kier alpha value is -2.23. The summed E-state index contributed by atoms with van der Waals surface area (Å²) in [5.74, 6) is -6.09. The molecule has 1 unspecified atom stereocenters. The number of likely N-dealkylation sites (tertiary alicyclic amines) is 1. The quantitative estimate of drug-likeness (QED) is 0.429. The average molecular weight is 587 g/mol. The van der Waals surface area contributed by atoms with Gasteiger partial charge < -0.3 is 15.1 Å². The molecule has 0 radical (unpaired) electrons. The average Bonchev–Trinajstić information content (AvgIpc) is 3.27. The summed E-state index contributed by atoms with van der Waals surface area (Å²) in [6.07, 6.45) is -13.3. The van der Waals surface area contributed by atoms with E-state index in [1.165, 1.54) is 6.92 Å². The number of thiazole rings is 1. The number of carbonyl (C=O) groups is 2. The number of alkyl halides is 8. The fraction of sp³-hybridized carbons (Fsp3) is 0.421. The Bertz CT molecular complexity index is 1220. The maximum atomic E-state index is 13.8. The van der Waals surface area contributed by atoms with Crippen LogP contribution in [0, 0.1) is 0 Å². The number of aromatic carboxylic acids is 1. The molecule has 1 aliphatic heterocycles. The molecule has 0 bridgehead atoms. The number of carboxylic acids is 1. The Labute approximate surface area is 210 Å². The number of amides is 1. The normalized spacial score (nSPS) is 18.6. The van der Waals surface area contributed by atoms with Crippen molar-refractivity contribution in [3.05, 3.63) is 38.4 Å². The van der Waals surface area contributed by atoms with Crippen molar-refractivity contribution in [2.24, 2.45) is 0 Å². The third-order valence-corrected chi connectivity index (χ3v) is 7.30. The fourth-order valence-electron chi connectivity index (χ4n) is 3.63. The van der Waals surface area contributed by atoms with E-state index in [-0.39, 0.29) is 17.4 Å². The highest BCUT2D eigenvalue weighted by Crippen LogP contribution is 2.54. The standard InChI is InChI=1S/C19H12Cl2F8N2O4S/c1-6-4-16(22,23)5-31(6)14(32)11-12(36-13(30-11)15(33)34)7-2-3-8(10(21)9(7)20)17(35,18(24,25)26)19(27,28)29/h2-3,6,35H,4-5H2,1H3,(H,33,34). The van der Waals surface area contributed by atoms with Gasteiger partial charge in [0.15, 0.2) is 0 Å². The number of aromatic nitrogens is 1. The van der Waals surface area contributed by atoms with Crippen molar-refractivity contribution in [3.8, 4) is 10.4 Å². The van der Waals surface area contributed by atoms with E-state index in [2.05, 4.69) is 4.98 Å². The predicted molar refractivity (Wildman–Crippen MR) is 111 cm³/mol. The number of halogens is 10. The first kappa shape index (κ1) is 28.3. The van der Waals surface area contributed by atoms with E-state index < -0.39 is 91.5 Å². The minimum absolute atomic E-state index is 0.158. The monoisotopic (exact) mass is 586 g/mol. The lowest BCUT2D eigenvalue weighted by atomic mass is 9.91. The van der Waals surface area contributed by atoms with Crippen molar-refractivity contribution in [2.75, 3.05) is 6.54 Å². The highest BCUT2D eigenvalue weighted by atomic mass is 35.5. The number of carbonyl (C=O) groups excluding carboxylic acids is 1. The molecule has 3 rings (SSSR count). The first-order valence-corrected chi connectivity index (χ1v) is 11.1. The van der Waals surface area contributed by atoms with Crippen LogP contribution in [0.25, 0.3) is 10.4 Å². The first-order valence-electron chi connectivity index (χ1n) is 9.50. The molecule has 2 heterocycles. The molecule has 36 heavy (non-hydrogen) atoms. The van der Waals surface area contributed by atoms with E-state index in [0.717, 1.165) is 0 Å². The second-order valence-corrected chi connectivity index (χ2v) is 9.59. The van der Waals surface area contributed by atoms with Gasteiger partial charge in [-0.05, 0) is 6.92 Å². The van der Waals surface area contributed by atoms with Crippen LogP contribution >= 0.6 is 34.5 Å². The number of nitrogens with zero attached hydrogens (tertiary/aromatic N) is 2. The summed E-state index contributed by atoms with van der Waals surface area (Å²) in [6, 6.07) is -0.305. The van der Waals surface area contributed by atoms with Crippen LogP contribution in [0.15, 0.2) is 12.1 Å². The van der Waals surface area contributed by atoms with Gasteiger partial charge in [-0.2, -0.15) is 26.3 Å². The van der Waals surface area contributed by atoms with Crippen LogP contribution < -0.4 is 0 Å². The summed E-state index contributed by atoms with van der Waals surface area (Å²) < 4.78 is 107. The maximum Gasteiger partial charge on any atom is 0.430 e. The number of hydrogen-bond donors (Lipinski definition) is 2. The lowest BCUT2D eigenvalue weighted by Gasteiger charge is -2.33. The summed E-state index contributed by atoms with van der Waals surface area (Å²) >= 11 is 11.9. The van der Waals surface area contributed by atoms with Crippen molar-refractivity contribution < 1.29 is 54.9 Å². The van der Waals surface area contributed by atoms with Gasteiger partial charge in [-0.3, -0.25) is 4.79 Å². The van der Waals surface area contributed by atoms with Gasteiger partial charge in [-0.25, -0.2) is 18.6 Å². The van der Waals surface area contributed by atoms with Crippen molar-refractivity contribution in [2.45, 2.75) is 43.3 Å². The van der Waals surface area contributed by atoms with Gasteiger partial charge in [0, 0.05) is 23.6 Å². The number of aliphatic hydroxyl groups is 1. The minimum atomic E-state index is -6.28. The lowest BCUT2D eigenvalue weighted by molar-refractivity contribution is -0.376. The summed E-state index contributed by atoms with van der Waals surface area (Å²) in [7, 11) is 0. The van der Waals surface area contributed by atoms with Crippen LogP contribution in [0.2, 0.25) is 10.0 Å². The first-order chi connectivity index (χ1) is 16.2. The van der Waals surface area contributed by atoms with E-state index in [1.807, 2.05) is 0 Å². The summed E-state index contributed by atoms with van der Waals surface area (Å²) in [5.41, 5.74) is -8.53. The fourth-order valence-corrected chi connectivity index (χ4v) is 5.17. The van der Waals surface area contributed by atoms with E-state index in [9.17, 15) is 54.9 Å². The summed E-state index contributed by atoms with van der Waals surface area (Å²) in [4.78, 5) is 28.3. The number of hydrogen-bond acceptors (Lipinski definition) is 5. The van der Waals surface area contributed by atoms with E-state index in [0.29, 0.717) is 11.0 Å². The molecule has 0 saturated carbocycles. The van der Waals surface area contributed by atoms with Crippen LogP contribution in [0.3, 0.4) is 0 Å². The van der Waals surface area contributed by atoms with Crippen molar-refractivity contribution in [1.82, 2.24) is 9.88 Å². The molecule has 17 heteroatoms. The Morgan fingerprint density at radius 1 is 1.11 bits per heavy atom. The Morgan fingerprint density at radius 2 is 1.67 bits per heavy atom. The van der Waals surface area contributed by atoms with Crippen molar-refractivity contribution in [1.29, 1.82) is 0 Å². The third kappa shape index (κ3) is 4.61. The molecule has 2 N–H and O–H groups in total. The third-order valence-electron chi connectivity index (χ3n) is 5.34. The van der Waals surface area contributed by atoms with E-state index >= 15 is 0 Å². The molecular formula is C19H12Cl2F8N2O4S. The topological polar surface area (TPSA) is 90.7 Å². The van der Waals surface area contributed by atoms with Gasteiger partial charge in [0.1, 0.15) is 5.69 Å². The molecule has 1 saturated heterocycles. The Morgan fingerprint density at radius 3 is 2.11 bits per heavy atom. The molecule has 0 aliphatic carbocycles. The van der Waals surface area contributed by atoms with Crippen LogP contribution in [0.4, 0.5) is 35.1 Å². The zero-order chi connectivity index (χ0) is 27.6. The van der Waals surface area contributed by atoms with Crippen molar-refractivity contribution in [3.63, 3.8) is 0 Å². The SMILES string of the molecule is CC1CC(F)(F)CN1C(=O)c1nc(C(=O)O)sc1-c1ccc(C(O)(C(F)(F)F)C(F)(F)F)c(Cl)c1Cl. The molecule has 2 aromatic rings. The number of benzene rings is 1. The largest absolute Gasteiger partial charge is 0.476 e. The zero-order valence-electron chi connectivity index (χ0n) is 17.4. The van der Waals surface area contributed by atoms with Gasteiger partial charge in [-0.15, -0.1) is 11.3 Å². The molecular weight excluding hydrogens is 575 g/mol. The highest BCUT2D eigenvalue weighted by Gasteiger charge is 2.72. The van der Waals surface area contributed by atoms with Crippen LogP contribution in [0.1, 0.15) is 39.2 Å². The maximum absolute atomic E-state index is 13.8. The predicted octanol–water partition coefficient (Wildman–Crippen LogP) is 6.00.